The molecule has 34 heavy (non-hydrogen) atoms. The number of aromatic hydroxyl groups is 1. The minimum atomic E-state index is -4.92. The van der Waals surface area contributed by atoms with Gasteiger partial charge in [-0.1, -0.05) is 30.3 Å². The van der Waals surface area contributed by atoms with Crippen molar-refractivity contribution in [3.63, 3.8) is 0 Å². The Labute approximate surface area is 193 Å². The van der Waals surface area contributed by atoms with Gasteiger partial charge in [-0.2, -0.15) is 0 Å². The molecule has 0 aliphatic heterocycles. The molecule has 0 amide bonds. The zero-order valence-electron chi connectivity index (χ0n) is 18.3. The number of H-pyrrole nitrogens is 1. The summed E-state index contributed by atoms with van der Waals surface area (Å²) in [7, 11) is 0. The van der Waals surface area contributed by atoms with Crippen LogP contribution in [0.3, 0.4) is 0 Å². The lowest BCUT2D eigenvalue weighted by Gasteiger charge is -2.19. The number of aromatic amines is 1. The summed E-state index contributed by atoms with van der Waals surface area (Å²) in [6, 6.07) is 14.8. The van der Waals surface area contributed by atoms with Crippen LogP contribution in [0.15, 0.2) is 60.9 Å². The number of anilines is 2. The van der Waals surface area contributed by atoms with Gasteiger partial charge in [0.25, 0.3) is 0 Å². The summed E-state index contributed by atoms with van der Waals surface area (Å²) in [4.78, 5) is 11.6. The highest BCUT2D eigenvalue weighted by atomic mass is 19.4. The fourth-order valence-electron chi connectivity index (χ4n) is 3.80. The third-order valence-electron chi connectivity index (χ3n) is 5.14. The number of phenols is 1. The summed E-state index contributed by atoms with van der Waals surface area (Å²) in [5.74, 6) is -0.699. The number of phenolic OH excluding ortho intramolecular Hbond substituents is 1. The van der Waals surface area contributed by atoms with Crippen LogP contribution < -0.4 is 15.8 Å². The van der Waals surface area contributed by atoms with Gasteiger partial charge in [0.05, 0.1) is 11.6 Å². The Kier molecular flexibility index (Phi) is 6.06. The minimum absolute atomic E-state index is 0.0270. The summed E-state index contributed by atoms with van der Waals surface area (Å²) in [5.41, 5.74) is 10.4. The number of rotatable bonds is 6. The predicted molar refractivity (Wildman–Crippen MR) is 123 cm³/mol. The molecule has 0 fully saturated rings. The van der Waals surface area contributed by atoms with Crippen LogP contribution in [0.1, 0.15) is 24.4 Å². The SMILES string of the molecule is Cc1cc(-c2ccccc2)c(C(C)Nc2ncnc(N)c2-c2cc(O)cc(OC(F)(F)F)c2)[nH]1. The highest BCUT2D eigenvalue weighted by Gasteiger charge is 2.31. The van der Waals surface area contributed by atoms with Crippen LogP contribution in [-0.2, 0) is 0 Å². The molecule has 0 spiro atoms. The van der Waals surface area contributed by atoms with Crippen molar-refractivity contribution in [2.45, 2.75) is 26.3 Å². The van der Waals surface area contributed by atoms with Gasteiger partial charge in [0, 0.05) is 23.0 Å². The van der Waals surface area contributed by atoms with Crippen LogP contribution in [0, 0.1) is 6.92 Å². The van der Waals surface area contributed by atoms with Crippen molar-refractivity contribution in [1.29, 1.82) is 0 Å². The zero-order chi connectivity index (χ0) is 24.5. The van der Waals surface area contributed by atoms with Crippen LogP contribution in [-0.4, -0.2) is 26.4 Å². The lowest BCUT2D eigenvalue weighted by molar-refractivity contribution is -0.274. The van der Waals surface area contributed by atoms with E-state index < -0.39 is 17.9 Å². The van der Waals surface area contributed by atoms with E-state index in [0.29, 0.717) is 0 Å². The zero-order valence-corrected chi connectivity index (χ0v) is 18.3. The second kappa shape index (κ2) is 8.97. The van der Waals surface area contributed by atoms with Gasteiger partial charge in [0.15, 0.2) is 0 Å². The molecule has 7 nitrogen and oxygen atoms in total. The van der Waals surface area contributed by atoms with Crippen molar-refractivity contribution in [3.05, 3.63) is 72.3 Å². The molecule has 1 unspecified atom stereocenters. The summed E-state index contributed by atoms with van der Waals surface area (Å²) in [5, 5.41) is 13.3. The molecule has 4 rings (SSSR count). The standard InChI is InChI=1S/C24H22F3N5O2/c1-13-8-19(15-6-4-3-5-7-15)21(31-13)14(2)32-23-20(22(28)29-12-30-23)16-9-17(33)11-18(10-16)34-24(25,26)27/h3-12,14,31,33H,1-2H3,(H3,28,29,30,32). The monoisotopic (exact) mass is 469 g/mol. The smallest absolute Gasteiger partial charge is 0.508 e. The number of alkyl halides is 3. The first-order chi connectivity index (χ1) is 16.1. The van der Waals surface area contributed by atoms with Gasteiger partial charge >= 0.3 is 6.36 Å². The molecule has 0 bridgehead atoms. The van der Waals surface area contributed by atoms with Crippen molar-refractivity contribution in [3.8, 4) is 33.8 Å². The summed E-state index contributed by atoms with van der Waals surface area (Å²) in [6.07, 6.45) is -3.67. The Morgan fingerprint density at radius 2 is 1.79 bits per heavy atom. The highest BCUT2D eigenvalue weighted by molar-refractivity contribution is 5.85. The molecule has 10 heteroatoms. The van der Waals surface area contributed by atoms with E-state index in [-0.39, 0.29) is 28.8 Å². The summed E-state index contributed by atoms with van der Waals surface area (Å²) < 4.78 is 42.2. The Hall–Kier alpha value is -4.21. The number of benzene rings is 2. The maximum absolute atomic E-state index is 12.7. The normalized spacial score (nSPS) is 12.4. The number of hydrogen-bond acceptors (Lipinski definition) is 6. The molecule has 0 radical (unpaired) electrons. The van der Waals surface area contributed by atoms with E-state index in [2.05, 4.69) is 25.0 Å². The average Bonchev–Trinajstić information content (AvgIpc) is 3.15. The molecule has 5 N–H and O–H groups in total. The van der Waals surface area contributed by atoms with Gasteiger partial charge in [0.2, 0.25) is 0 Å². The van der Waals surface area contributed by atoms with E-state index in [0.717, 1.165) is 34.6 Å². The van der Waals surface area contributed by atoms with E-state index in [1.807, 2.05) is 50.2 Å². The molecule has 1 atom stereocenters. The highest BCUT2D eigenvalue weighted by Crippen LogP contribution is 2.39. The number of ether oxygens (including phenoxy) is 1. The summed E-state index contributed by atoms with van der Waals surface area (Å²) in [6.45, 7) is 3.87. The Morgan fingerprint density at radius 3 is 2.50 bits per heavy atom. The van der Waals surface area contributed by atoms with E-state index in [1.165, 1.54) is 12.4 Å². The molecule has 176 valence electrons. The van der Waals surface area contributed by atoms with Gasteiger partial charge in [-0.25, -0.2) is 9.97 Å². The van der Waals surface area contributed by atoms with Crippen LogP contribution in [0.25, 0.3) is 22.3 Å². The molecule has 4 aromatic rings. The maximum Gasteiger partial charge on any atom is 0.573 e. The largest absolute Gasteiger partial charge is 0.573 e. The molecule has 0 saturated heterocycles. The number of nitrogens with one attached hydrogen (secondary N) is 2. The molecule has 2 aromatic heterocycles. The molecular formula is C24H22F3N5O2. The fourth-order valence-corrected chi connectivity index (χ4v) is 3.80. The fraction of sp³-hybridized carbons (Fsp3) is 0.167. The van der Waals surface area contributed by atoms with E-state index in [9.17, 15) is 18.3 Å². The van der Waals surface area contributed by atoms with Crippen molar-refractivity contribution >= 4 is 11.6 Å². The number of nitrogen functional groups attached to an aromatic ring is 1. The van der Waals surface area contributed by atoms with Crippen molar-refractivity contribution in [1.82, 2.24) is 15.0 Å². The Morgan fingerprint density at radius 1 is 1.06 bits per heavy atom. The van der Waals surface area contributed by atoms with Gasteiger partial charge < -0.3 is 25.9 Å². The molecule has 2 aromatic carbocycles. The van der Waals surface area contributed by atoms with Crippen molar-refractivity contribution in [2.75, 3.05) is 11.1 Å². The first-order valence-electron chi connectivity index (χ1n) is 10.3. The third-order valence-corrected chi connectivity index (χ3v) is 5.14. The minimum Gasteiger partial charge on any atom is -0.508 e. The molecule has 0 aliphatic rings. The Balaban J connectivity index is 1.72. The quantitative estimate of drug-likeness (QED) is 0.284. The average molecular weight is 469 g/mol. The topological polar surface area (TPSA) is 109 Å². The van der Waals surface area contributed by atoms with Crippen LogP contribution in [0.5, 0.6) is 11.5 Å². The van der Waals surface area contributed by atoms with E-state index in [4.69, 9.17) is 5.73 Å². The first kappa shape index (κ1) is 23.0. The Bertz CT molecular complexity index is 1310. The second-order valence-electron chi connectivity index (χ2n) is 7.76. The van der Waals surface area contributed by atoms with Crippen molar-refractivity contribution in [2.24, 2.45) is 0 Å². The number of aromatic nitrogens is 3. The lowest BCUT2D eigenvalue weighted by atomic mass is 10.0. The number of nitrogens with zero attached hydrogens (tertiary/aromatic N) is 2. The van der Waals surface area contributed by atoms with E-state index >= 15 is 0 Å². The number of nitrogens with two attached hydrogens (primary N) is 1. The first-order valence-corrected chi connectivity index (χ1v) is 10.3. The third kappa shape index (κ3) is 5.06. The van der Waals surface area contributed by atoms with Crippen LogP contribution in [0.2, 0.25) is 0 Å². The van der Waals surface area contributed by atoms with Gasteiger partial charge in [-0.3, -0.25) is 0 Å². The number of aryl methyl sites for hydroxylation is 1. The van der Waals surface area contributed by atoms with Crippen LogP contribution >= 0.6 is 0 Å². The molecule has 0 aliphatic carbocycles. The second-order valence-corrected chi connectivity index (χ2v) is 7.76. The van der Waals surface area contributed by atoms with Crippen LogP contribution in [0.4, 0.5) is 24.8 Å². The van der Waals surface area contributed by atoms with Crippen molar-refractivity contribution < 1.29 is 23.0 Å². The van der Waals surface area contributed by atoms with Gasteiger partial charge in [-0.05, 0) is 43.2 Å². The summed E-state index contributed by atoms with van der Waals surface area (Å²) >= 11 is 0. The predicted octanol–water partition coefficient (Wildman–Crippen LogP) is 5.81. The van der Waals surface area contributed by atoms with E-state index in [1.54, 1.807) is 0 Å². The molecule has 0 saturated carbocycles. The number of halogens is 3. The maximum atomic E-state index is 12.7. The molecule has 2 heterocycles. The molecular weight excluding hydrogens is 447 g/mol. The lowest BCUT2D eigenvalue weighted by Crippen LogP contribution is -2.17. The van der Waals surface area contributed by atoms with Gasteiger partial charge in [0.1, 0.15) is 29.5 Å². The van der Waals surface area contributed by atoms with Gasteiger partial charge in [-0.15, -0.1) is 13.2 Å². The number of hydrogen-bond donors (Lipinski definition) is 4.